The van der Waals surface area contributed by atoms with Crippen molar-refractivity contribution in [1.82, 2.24) is 0 Å². The van der Waals surface area contributed by atoms with Gasteiger partial charge in [0, 0.05) is 19.8 Å². The van der Waals surface area contributed by atoms with E-state index in [1.807, 2.05) is 0 Å². The van der Waals surface area contributed by atoms with Crippen molar-refractivity contribution >= 4 is 40.8 Å². The van der Waals surface area contributed by atoms with E-state index in [0.717, 1.165) is 0 Å². The maximum absolute atomic E-state index is 11.5. The smallest absolute Gasteiger partial charge is 0.319 e. The molecule has 1 aromatic carbocycles. The molecule has 0 saturated carbocycles. The Morgan fingerprint density at radius 2 is 1.95 bits per heavy atom. The number of carboxylic acids is 1. The van der Waals surface area contributed by atoms with E-state index in [1.165, 1.54) is 26.4 Å². The van der Waals surface area contributed by atoms with E-state index in [2.05, 4.69) is 4.99 Å². The third kappa shape index (κ3) is 2.35. The highest BCUT2D eigenvalue weighted by Crippen LogP contribution is 2.49. The zero-order chi connectivity index (χ0) is 16.7. The number of methoxy groups -OCH3 is 2. The largest absolute Gasteiger partial charge is 0.496 e. The van der Waals surface area contributed by atoms with Crippen LogP contribution >= 0.6 is 23.2 Å². The first-order chi connectivity index (χ1) is 10.3. The lowest BCUT2D eigenvalue weighted by Crippen LogP contribution is -2.55. The van der Waals surface area contributed by atoms with Gasteiger partial charge in [-0.3, -0.25) is 4.79 Å². The van der Waals surface area contributed by atoms with Gasteiger partial charge in [-0.25, -0.2) is 4.99 Å². The molecule has 0 amide bonds. The van der Waals surface area contributed by atoms with Crippen molar-refractivity contribution < 1.29 is 29.6 Å². The predicted molar refractivity (Wildman–Crippen MR) is 79.0 cm³/mol. The molecule has 7 nitrogen and oxygen atoms in total. The van der Waals surface area contributed by atoms with Crippen LogP contribution in [0.5, 0.6) is 0 Å². The molecule has 1 heterocycles. The Labute approximate surface area is 135 Å². The summed E-state index contributed by atoms with van der Waals surface area (Å²) >= 11 is 12.1. The van der Waals surface area contributed by atoms with Crippen LogP contribution in [-0.2, 0) is 19.9 Å². The third-order valence-electron chi connectivity index (χ3n) is 3.44. The normalized spacial score (nSPS) is 24.1. The predicted octanol–water partition coefficient (Wildman–Crippen LogP) is 2.10. The average molecular weight is 350 g/mol. The van der Waals surface area contributed by atoms with Crippen molar-refractivity contribution in [3.63, 3.8) is 0 Å². The molecule has 0 bridgehead atoms. The van der Waals surface area contributed by atoms with Gasteiger partial charge in [-0.2, -0.15) is 0 Å². The molecule has 2 atom stereocenters. The van der Waals surface area contributed by atoms with Crippen molar-refractivity contribution in [3.8, 4) is 0 Å². The van der Waals surface area contributed by atoms with Gasteiger partial charge in [0.1, 0.15) is 0 Å². The summed E-state index contributed by atoms with van der Waals surface area (Å²) in [6, 6.07) is 2.81. The van der Waals surface area contributed by atoms with Crippen molar-refractivity contribution in [3.05, 3.63) is 27.7 Å². The van der Waals surface area contributed by atoms with Gasteiger partial charge in [-0.15, -0.1) is 0 Å². The molecule has 0 spiro atoms. The van der Waals surface area contributed by atoms with E-state index in [4.69, 9.17) is 32.7 Å². The van der Waals surface area contributed by atoms with Crippen LogP contribution in [0.25, 0.3) is 0 Å². The van der Waals surface area contributed by atoms with E-state index in [1.54, 1.807) is 0 Å². The Balaban J connectivity index is 2.84. The Morgan fingerprint density at radius 1 is 1.36 bits per heavy atom. The first kappa shape index (κ1) is 17.0. The highest BCUT2D eigenvalue weighted by Gasteiger charge is 2.57. The molecule has 1 aliphatic heterocycles. The molecule has 9 heteroatoms. The van der Waals surface area contributed by atoms with Crippen molar-refractivity contribution in [1.29, 1.82) is 0 Å². The zero-order valence-corrected chi connectivity index (χ0v) is 13.1. The number of aliphatic hydroxyl groups is 2. The first-order valence-corrected chi connectivity index (χ1v) is 6.81. The molecular weight excluding hydrogens is 337 g/mol. The van der Waals surface area contributed by atoms with Gasteiger partial charge >= 0.3 is 5.97 Å². The SMILES string of the molecule is COC(OC)[C@@]1(O)c2c(ccc(Cl)c2Cl)N=C(O)[C@@H]1C(=O)O. The van der Waals surface area contributed by atoms with Crippen LogP contribution in [0.1, 0.15) is 5.56 Å². The van der Waals surface area contributed by atoms with Gasteiger partial charge in [0.25, 0.3) is 0 Å². The average Bonchev–Trinajstić information content (AvgIpc) is 2.43. The van der Waals surface area contributed by atoms with Gasteiger partial charge < -0.3 is 24.8 Å². The number of hydrogen-bond acceptors (Lipinski definition) is 5. The number of ether oxygens (including phenoxy) is 2. The first-order valence-electron chi connectivity index (χ1n) is 6.05. The molecule has 0 saturated heterocycles. The Bertz CT molecular complexity index is 646. The second-order valence-corrected chi connectivity index (χ2v) is 5.41. The number of hydrogen-bond donors (Lipinski definition) is 3. The highest BCUT2D eigenvalue weighted by molar-refractivity contribution is 6.43. The zero-order valence-electron chi connectivity index (χ0n) is 11.6. The molecule has 2 rings (SSSR count). The maximum Gasteiger partial charge on any atom is 0.319 e. The number of carbonyl (C=O) groups is 1. The van der Waals surface area contributed by atoms with E-state index < -0.39 is 29.7 Å². The van der Waals surface area contributed by atoms with Gasteiger partial charge in [0.15, 0.2) is 17.8 Å². The second-order valence-electron chi connectivity index (χ2n) is 4.63. The summed E-state index contributed by atoms with van der Waals surface area (Å²) in [7, 11) is 2.43. The van der Waals surface area contributed by atoms with Crippen LogP contribution in [0, 0.1) is 5.92 Å². The lowest BCUT2D eigenvalue weighted by molar-refractivity contribution is -0.236. The number of rotatable bonds is 4. The summed E-state index contributed by atoms with van der Waals surface area (Å²) in [4.78, 5) is 15.3. The van der Waals surface area contributed by atoms with Gasteiger partial charge in [-0.05, 0) is 12.1 Å². The molecule has 0 fully saturated rings. The summed E-state index contributed by atoms with van der Waals surface area (Å²) in [5, 5.41) is 30.4. The van der Waals surface area contributed by atoms with Gasteiger partial charge in [0.2, 0.25) is 5.90 Å². The quantitative estimate of drug-likeness (QED) is 0.718. The molecule has 1 aliphatic rings. The number of fused-ring (bicyclic) bond motifs is 1. The number of aliphatic carboxylic acids is 1. The van der Waals surface area contributed by atoms with Crippen LogP contribution in [0.2, 0.25) is 10.0 Å². The Kier molecular flexibility index (Phi) is 4.65. The molecule has 3 N–H and O–H groups in total. The Morgan fingerprint density at radius 3 is 2.45 bits per heavy atom. The van der Waals surface area contributed by atoms with E-state index in [-0.39, 0.29) is 21.3 Å². The topological polar surface area (TPSA) is 109 Å². The number of aliphatic imine (C=N–C) groups is 1. The van der Waals surface area contributed by atoms with Crippen LogP contribution in [0.15, 0.2) is 17.1 Å². The lowest BCUT2D eigenvalue weighted by Gasteiger charge is -2.41. The molecule has 0 aromatic heterocycles. The summed E-state index contributed by atoms with van der Waals surface area (Å²) in [5.41, 5.74) is -2.33. The second kappa shape index (κ2) is 6.02. The highest BCUT2D eigenvalue weighted by atomic mass is 35.5. The van der Waals surface area contributed by atoms with Crippen LogP contribution in [0.3, 0.4) is 0 Å². The number of halogens is 2. The fourth-order valence-corrected chi connectivity index (χ4v) is 3.02. The fraction of sp³-hybridized carbons (Fsp3) is 0.385. The monoisotopic (exact) mass is 349 g/mol. The number of nitrogens with zero attached hydrogens (tertiary/aromatic N) is 1. The maximum atomic E-state index is 11.5. The standard InChI is InChI=1S/C13H13Cl2NO6/c1-21-12(22-2)13(20)7-6(4-3-5(14)9(7)15)16-10(17)8(13)11(18)19/h3-4,8,12,20H,1-2H3,(H,16,17)(H,18,19)/t8-,13-/m1/s1. The van der Waals surface area contributed by atoms with Crippen molar-refractivity contribution in [2.75, 3.05) is 14.2 Å². The summed E-state index contributed by atoms with van der Waals surface area (Å²) in [6.45, 7) is 0. The Hall–Kier alpha value is -1.38. The third-order valence-corrected chi connectivity index (χ3v) is 4.25. The molecule has 0 radical (unpaired) electrons. The summed E-state index contributed by atoms with van der Waals surface area (Å²) < 4.78 is 10.0. The molecule has 120 valence electrons. The molecule has 1 aromatic rings. The van der Waals surface area contributed by atoms with Crippen LogP contribution in [-0.4, -0.2) is 47.7 Å². The number of benzene rings is 1. The van der Waals surface area contributed by atoms with E-state index in [0.29, 0.717) is 0 Å². The molecule has 22 heavy (non-hydrogen) atoms. The van der Waals surface area contributed by atoms with E-state index >= 15 is 0 Å². The van der Waals surface area contributed by atoms with Crippen molar-refractivity contribution in [2.24, 2.45) is 10.9 Å². The summed E-state index contributed by atoms with van der Waals surface area (Å²) in [6.07, 6.45) is -1.43. The minimum Gasteiger partial charge on any atom is -0.496 e. The van der Waals surface area contributed by atoms with Gasteiger partial charge in [0.05, 0.1) is 15.7 Å². The summed E-state index contributed by atoms with van der Waals surface area (Å²) in [5.74, 6) is -4.15. The molecular formula is C13H13Cl2NO6. The molecule has 0 aliphatic carbocycles. The molecule has 0 unspecified atom stereocenters. The fourth-order valence-electron chi connectivity index (χ4n) is 2.55. The number of carboxylic acid groups (broad SMARTS) is 1. The van der Waals surface area contributed by atoms with Gasteiger partial charge in [-0.1, -0.05) is 23.2 Å². The lowest BCUT2D eigenvalue weighted by atomic mass is 9.77. The minimum atomic E-state index is -2.32. The van der Waals surface area contributed by atoms with E-state index in [9.17, 15) is 20.1 Å². The van der Waals surface area contributed by atoms with Crippen LogP contribution < -0.4 is 0 Å². The van der Waals surface area contributed by atoms with Crippen molar-refractivity contribution in [2.45, 2.75) is 11.9 Å². The minimum absolute atomic E-state index is 0.0750. The van der Waals surface area contributed by atoms with Crippen LogP contribution in [0.4, 0.5) is 5.69 Å². The number of aliphatic hydroxyl groups excluding tert-OH is 1.